The normalized spacial score (nSPS) is 24.7. The Morgan fingerprint density at radius 2 is 2.29 bits per heavy atom. The first-order valence-corrected chi connectivity index (χ1v) is 6.85. The van der Waals surface area contributed by atoms with Crippen molar-refractivity contribution in [2.24, 2.45) is 5.92 Å². The van der Waals surface area contributed by atoms with Crippen molar-refractivity contribution in [3.05, 3.63) is 17.8 Å². The summed E-state index contributed by atoms with van der Waals surface area (Å²) in [7, 11) is 0. The van der Waals surface area contributed by atoms with E-state index in [9.17, 15) is 0 Å². The molecular weight excluding hydrogens is 212 g/mol. The minimum absolute atomic E-state index is 0.527. The van der Waals surface area contributed by atoms with Gasteiger partial charge in [-0.1, -0.05) is 27.2 Å². The lowest BCUT2D eigenvalue weighted by Crippen LogP contribution is -2.24. The molecule has 3 heteroatoms. The standard InChI is InChI=1S/C14H24N2O/c1-10(2)15-8-7-14-16-9-13(17-14)12-6-4-5-11(12)3/h9-12,15H,4-8H2,1-3H3. The van der Waals surface area contributed by atoms with Gasteiger partial charge in [-0.05, 0) is 18.8 Å². The Morgan fingerprint density at radius 3 is 2.94 bits per heavy atom. The van der Waals surface area contributed by atoms with Crippen LogP contribution in [-0.4, -0.2) is 17.6 Å². The van der Waals surface area contributed by atoms with E-state index in [1.165, 1.54) is 19.3 Å². The zero-order valence-corrected chi connectivity index (χ0v) is 11.2. The molecule has 1 aromatic heterocycles. The van der Waals surface area contributed by atoms with Gasteiger partial charge in [0.1, 0.15) is 5.76 Å². The van der Waals surface area contributed by atoms with E-state index in [-0.39, 0.29) is 0 Å². The van der Waals surface area contributed by atoms with Gasteiger partial charge in [-0.25, -0.2) is 4.98 Å². The zero-order valence-electron chi connectivity index (χ0n) is 11.2. The summed E-state index contributed by atoms with van der Waals surface area (Å²) in [6.45, 7) is 7.57. The highest BCUT2D eigenvalue weighted by Gasteiger charge is 2.27. The summed E-state index contributed by atoms with van der Waals surface area (Å²) in [5.74, 6) is 3.35. The van der Waals surface area contributed by atoms with Crippen LogP contribution >= 0.6 is 0 Å². The number of hydrogen-bond donors (Lipinski definition) is 1. The second-order valence-corrected chi connectivity index (χ2v) is 5.53. The number of rotatable bonds is 5. The highest BCUT2D eigenvalue weighted by Crippen LogP contribution is 2.39. The molecule has 0 amide bonds. The van der Waals surface area contributed by atoms with Crippen LogP contribution in [0.2, 0.25) is 0 Å². The summed E-state index contributed by atoms with van der Waals surface area (Å²) in [5, 5.41) is 3.38. The number of aromatic nitrogens is 1. The average molecular weight is 236 g/mol. The van der Waals surface area contributed by atoms with Crippen molar-refractivity contribution < 1.29 is 4.42 Å². The van der Waals surface area contributed by atoms with Gasteiger partial charge in [0.2, 0.25) is 0 Å². The van der Waals surface area contributed by atoms with Gasteiger partial charge in [0.15, 0.2) is 5.89 Å². The molecule has 17 heavy (non-hydrogen) atoms. The minimum atomic E-state index is 0.527. The number of hydrogen-bond acceptors (Lipinski definition) is 3. The van der Waals surface area contributed by atoms with E-state index < -0.39 is 0 Å². The molecule has 1 aliphatic rings. The van der Waals surface area contributed by atoms with Crippen LogP contribution in [-0.2, 0) is 6.42 Å². The van der Waals surface area contributed by atoms with Crippen LogP contribution in [0.3, 0.4) is 0 Å². The fourth-order valence-electron chi connectivity index (χ4n) is 2.65. The summed E-state index contributed by atoms with van der Waals surface area (Å²) in [6.07, 6.45) is 6.75. The molecule has 0 radical (unpaired) electrons. The molecule has 1 aromatic rings. The van der Waals surface area contributed by atoms with E-state index in [2.05, 4.69) is 31.1 Å². The minimum Gasteiger partial charge on any atom is -0.445 e. The van der Waals surface area contributed by atoms with Crippen LogP contribution in [0.25, 0.3) is 0 Å². The lowest BCUT2D eigenvalue weighted by atomic mass is 9.96. The molecule has 1 N–H and O–H groups in total. The van der Waals surface area contributed by atoms with Crippen molar-refractivity contribution in [3.8, 4) is 0 Å². The fraction of sp³-hybridized carbons (Fsp3) is 0.786. The summed E-state index contributed by atoms with van der Waals surface area (Å²) in [6, 6.07) is 0.527. The SMILES string of the molecule is CC(C)NCCc1ncc(C2CCCC2C)o1. The first kappa shape index (κ1) is 12.6. The second kappa shape index (κ2) is 5.67. The maximum atomic E-state index is 5.87. The molecule has 0 aliphatic heterocycles. The Balaban J connectivity index is 1.87. The van der Waals surface area contributed by atoms with E-state index in [0.29, 0.717) is 12.0 Å². The van der Waals surface area contributed by atoms with Gasteiger partial charge in [-0.3, -0.25) is 0 Å². The van der Waals surface area contributed by atoms with Crippen LogP contribution in [0, 0.1) is 5.92 Å². The summed E-state index contributed by atoms with van der Waals surface area (Å²) >= 11 is 0. The lowest BCUT2D eigenvalue weighted by molar-refractivity contribution is 0.386. The van der Waals surface area contributed by atoms with E-state index in [1.807, 2.05) is 6.20 Å². The predicted molar refractivity (Wildman–Crippen MR) is 69.1 cm³/mol. The number of nitrogens with zero attached hydrogens (tertiary/aromatic N) is 1. The Morgan fingerprint density at radius 1 is 1.47 bits per heavy atom. The van der Waals surface area contributed by atoms with E-state index in [4.69, 9.17) is 4.42 Å². The van der Waals surface area contributed by atoms with Gasteiger partial charge in [0, 0.05) is 24.9 Å². The molecular formula is C14H24N2O. The first-order chi connectivity index (χ1) is 8.16. The molecule has 1 heterocycles. The number of oxazole rings is 1. The van der Waals surface area contributed by atoms with Crippen LogP contribution in [0.5, 0.6) is 0 Å². The van der Waals surface area contributed by atoms with Gasteiger partial charge in [0.25, 0.3) is 0 Å². The van der Waals surface area contributed by atoms with Crippen LogP contribution in [0.4, 0.5) is 0 Å². The second-order valence-electron chi connectivity index (χ2n) is 5.53. The van der Waals surface area contributed by atoms with Crippen molar-refractivity contribution in [2.45, 2.75) is 58.4 Å². The quantitative estimate of drug-likeness (QED) is 0.853. The van der Waals surface area contributed by atoms with Crippen LogP contribution in [0.15, 0.2) is 10.6 Å². The topological polar surface area (TPSA) is 38.1 Å². The smallest absolute Gasteiger partial charge is 0.195 e. The Kier molecular flexibility index (Phi) is 4.21. The highest BCUT2D eigenvalue weighted by atomic mass is 16.4. The summed E-state index contributed by atoms with van der Waals surface area (Å²) in [4.78, 5) is 4.39. The Bertz CT molecular complexity index is 346. The average Bonchev–Trinajstić information content (AvgIpc) is 2.86. The monoisotopic (exact) mass is 236 g/mol. The molecule has 0 aromatic carbocycles. The Labute approximate surface area is 104 Å². The molecule has 2 rings (SSSR count). The molecule has 96 valence electrons. The molecule has 1 aliphatic carbocycles. The van der Waals surface area contributed by atoms with Gasteiger partial charge in [-0.15, -0.1) is 0 Å². The first-order valence-electron chi connectivity index (χ1n) is 6.85. The molecule has 0 saturated heterocycles. The van der Waals surface area contributed by atoms with E-state index in [1.54, 1.807) is 0 Å². The molecule has 1 fully saturated rings. The lowest BCUT2D eigenvalue weighted by Gasteiger charge is -2.11. The molecule has 1 saturated carbocycles. The predicted octanol–water partition coefficient (Wildman–Crippen LogP) is 3.12. The van der Waals surface area contributed by atoms with Crippen LogP contribution < -0.4 is 5.32 Å². The van der Waals surface area contributed by atoms with Gasteiger partial charge >= 0.3 is 0 Å². The van der Waals surface area contributed by atoms with Gasteiger partial charge in [-0.2, -0.15) is 0 Å². The maximum absolute atomic E-state index is 5.87. The van der Waals surface area contributed by atoms with Crippen LogP contribution in [0.1, 0.15) is 57.6 Å². The van der Waals surface area contributed by atoms with E-state index >= 15 is 0 Å². The maximum Gasteiger partial charge on any atom is 0.195 e. The number of nitrogens with one attached hydrogen (secondary N) is 1. The van der Waals surface area contributed by atoms with Crippen molar-refractivity contribution in [1.29, 1.82) is 0 Å². The highest BCUT2D eigenvalue weighted by molar-refractivity contribution is 5.05. The molecule has 3 nitrogen and oxygen atoms in total. The van der Waals surface area contributed by atoms with Gasteiger partial charge in [0.05, 0.1) is 6.20 Å². The molecule has 0 spiro atoms. The third-order valence-electron chi connectivity index (χ3n) is 3.69. The van der Waals surface area contributed by atoms with Crippen molar-refractivity contribution in [1.82, 2.24) is 10.3 Å². The largest absolute Gasteiger partial charge is 0.445 e. The van der Waals surface area contributed by atoms with E-state index in [0.717, 1.165) is 30.5 Å². The molecule has 2 atom stereocenters. The summed E-state index contributed by atoms with van der Waals surface area (Å²) in [5.41, 5.74) is 0. The molecule has 2 unspecified atom stereocenters. The van der Waals surface area contributed by atoms with Gasteiger partial charge < -0.3 is 9.73 Å². The summed E-state index contributed by atoms with van der Waals surface area (Å²) < 4.78 is 5.87. The van der Waals surface area contributed by atoms with Crippen molar-refractivity contribution in [2.75, 3.05) is 6.54 Å². The zero-order chi connectivity index (χ0) is 12.3. The third kappa shape index (κ3) is 3.32. The van der Waals surface area contributed by atoms with Crippen molar-refractivity contribution in [3.63, 3.8) is 0 Å². The Hall–Kier alpha value is -0.830. The van der Waals surface area contributed by atoms with Crippen molar-refractivity contribution >= 4 is 0 Å². The molecule has 0 bridgehead atoms. The third-order valence-corrected chi connectivity index (χ3v) is 3.69. The fourth-order valence-corrected chi connectivity index (χ4v) is 2.65.